The molecule has 6 aliphatic heterocycles. The molecule has 0 aliphatic carbocycles. The van der Waals surface area contributed by atoms with Crippen LogP contribution in [0.15, 0.2) is 234 Å². The molecule has 1 aromatic rings. The van der Waals surface area contributed by atoms with Gasteiger partial charge in [-0.2, -0.15) is 0 Å². The predicted octanol–water partition coefficient (Wildman–Crippen LogP) is -2.80. The van der Waals surface area contributed by atoms with Gasteiger partial charge in [0.15, 0.2) is 0 Å². The number of carboxylic acids is 1. The highest BCUT2D eigenvalue weighted by molar-refractivity contribution is 6.01. The average Bonchev–Trinajstić information content (AvgIpc) is 0.916. The lowest BCUT2D eigenvalue weighted by Crippen LogP contribution is -2.36. The lowest BCUT2D eigenvalue weighted by molar-refractivity contribution is -0.149. The van der Waals surface area contributed by atoms with Crippen molar-refractivity contribution in [3.05, 3.63) is 251 Å². The fourth-order valence-electron chi connectivity index (χ4n) is 7.21. The van der Waals surface area contributed by atoms with E-state index in [1.54, 1.807) is 41.5 Å². The van der Waals surface area contributed by atoms with Crippen LogP contribution in [-0.4, -0.2) is 187 Å². The number of hydrogen-bond donors (Lipinski definition) is 15. The number of ether oxygens (including phenoxy) is 11. The molecule has 0 radical (unpaired) electrons. The van der Waals surface area contributed by atoms with Crippen LogP contribution >= 0.6 is 0 Å². The minimum absolute atomic E-state index is 0.0262. The molecule has 7 rings (SSSR count). The number of esters is 11. The van der Waals surface area contributed by atoms with E-state index in [-0.39, 0.29) is 91.4 Å². The molecule has 1 aromatic heterocycles. The van der Waals surface area contributed by atoms with Gasteiger partial charge in [-0.15, -0.1) is 0 Å². The number of aromatic amines is 2. The Labute approximate surface area is 685 Å². The third-order valence-corrected chi connectivity index (χ3v) is 12.7. The monoisotopic (exact) mass is 1690 g/mol. The van der Waals surface area contributed by atoms with E-state index >= 15 is 0 Å². The highest BCUT2D eigenvalue weighted by Crippen LogP contribution is 2.10. The number of aromatic nitrogens is 2. The zero-order chi connectivity index (χ0) is 90.9. The van der Waals surface area contributed by atoms with Gasteiger partial charge in [0.2, 0.25) is 0 Å². The molecular formula is C75H84N14O32. The molecule has 0 aromatic carbocycles. The smallest absolute Gasteiger partial charge is 0.331 e. The molecule has 7 heterocycles. The Hall–Kier alpha value is -16.7. The summed E-state index contributed by atoms with van der Waals surface area (Å²) in [6.45, 7) is 29.6. The molecule has 0 unspecified atom stereocenters. The van der Waals surface area contributed by atoms with E-state index in [0.717, 1.165) is 73.0 Å². The van der Waals surface area contributed by atoms with Crippen molar-refractivity contribution in [1.82, 2.24) is 73.8 Å². The normalized spacial score (nSPS) is 14.5. The van der Waals surface area contributed by atoms with Crippen LogP contribution < -0.4 is 75.1 Å². The second-order valence-corrected chi connectivity index (χ2v) is 24.0. The fraction of sp³-hybridized carbons (Fsp3) is 0.227. The Balaban J connectivity index is 0.000000495. The lowest BCUT2D eigenvalue weighted by Gasteiger charge is -2.18. The van der Waals surface area contributed by atoms with Gasteiger partial charge in [-0.05, 0) is 41.5 Å². The van der Waals surface area contributed by atoms with Gasteiger partial charge in [-0.1, -0.05) is 39.5 Å². The van der Waals surface area contributed by atoms with Gasteiger partial charge in [0.05, 0.1) is 58.8 Å². The summed E-state index contributed by atoms with van der Waals surface area (Å²) in [5, 5.41) is 38.8. The van der Waals surface area contributed by atoms with Crippen molar-refractivity contribution < 1.29 is 144 Å². The molecule has 0 spiro atoms. The Kier molecular flexibility index (Phi) is 43.6. The van der Waals surface area contributed by atoms with Crippen LogP contribution in [0.25, 0.3) is 0 Å². The van der Waals surface area contributed by atoms with Crippen LogP contribution in [0.5, 0.6) is 0 Å². The quantitative estimate of drug-likeness (QED) is 0.0229. The Morgan fingerprint density at radius 1 is 0.364 bits per heavy atom. The van der Waals surface area contributed by atoms with Crippen molar-refractivity contribution in [3.8, 4) is 0 Å². The van der Waals surface area contributed by atoms with Crippen LogP contribution in [0.1, 0.15) is 47.1 Å². The summed E-state index contributed by atoms with van der Waals surface area (Å²) >= 11 is 0. The van der Waals surface area contributed by atoms with Crippen molar-refractivity contribution in [2.75, 3.05) is 53.4 Å². The summed E-state index contributed by atoms with van der Waals surface area (Å²) in [5.41, 5.74) is -0.663. The molecule has 0 bridgehead atoms. The van der Waals surface area contributed by atoms with Crippen LogP contribution in [0, 0.1) is 0 Å². The summed E-state index contributed by atoms with van der Waals surface area (Å²) < 4.78 is 52.0. The van der Waals surface area contributed by atoms with Crippen LogP contribution in [0.4, 0.5) is 0 Å². The summed E-state index contributed by atoms with van der Waals surface area (Å²) in [6, 6.07) is 0. The second-order valence-electron chi connectivity index (χ2n) is 24.0. The predicted molar refractivity (Wildman–Crippen MR) is 412 cm³/mol. The van der Waals surface area contributed by atoms with Gasteiger partial charge >= 0.3 is 77.3 Å². The summed E-state index contributed by atoms with van der Waals surface area (Å²) in [4.78, 5) is 228. The number of carbonyl (C=O) groups excluding carboxylic acids is 17. The van der Waals surface area contributed by atoms with Crippen molar-refractivity contribution >= 4 is 107 Å². The number of nitrogens with one attached hydrogen (secondary N) is 14. The van der Waals surface area contributed by atoms with Gasteiger partial charge in [0, 0.05) is 116 Å². The molecule has 46 heteroatoms. The Bertz CT molecular complexity index is 4790. The molecule has 0 saturated heterocycles. The number of methoxy groups -OCH3 is 1. The number of carboxylic acid groups (broad SMARTS) is 1. The van der Waals surface area contributed by atoms with Gasteiger partial charge in [-0.3, -0.25) is 38.5 Å². The minimum Gasteiger partial charge on any atom is -0.478 e. The van der Waals surface area contributed by atoms with Crippen LogP contribution in [0.3, 0.4) is 0 Å². The van der Waals surface area contributed by atoms with E-state index in [4.69, 9.17) is 43.0 Å². The molecule has 6 aliphatic rings. The number of rotatable bonds is 28. The van der Waals surface area contributed by atoms with E-state index in [1.807, 2.05) is 4.98 Å². The Morgan fingerprint density at radius 3 is 0.835 bits per heavy atom. The maximum absolute atomic E-state index is 11.5. The molecule has 646 valence electrons. The number of carbonyl (C=O) groups is 18. The first-order valence-corrected chi connectivity index (χ1v) is 34.2. The van der Waals surface area contributed by atoms with Gasteiger partial charge in [0.1, 0.15) is 86.8 Å². The lowest BCUT2D eigenvalue weighted by atomic mass is 10.2. The third kappa shape index (κ3) is 45.1. The molecule has 46 nitrogen and oxygen atoms in total. The maximum atomic E-state index is 11.5. The highest BCUT2D eigenvalue weighted by Gasteiger charge is 2.23. The molecule has 0 saturated carbocycles. The van der Waals surface area contributed by atoms with Crippen LogP contribution in [-0.2, 0) is 145 Å². The maximum Gasteiger partial charge on any atom is 0.331 e. The largest absolute Gasteiger partial charge is 0.478 e. The number of amides is 6. The standard InChI is InChI=1S/C15H14N4O7.C14H18N2O5.C13H16N2O5.C12H14N2O5.C11H12N2O5.C10H10N2O5/c1-8-16-4-9(13(22)18-8)6-25-11(20)2-3-12(21)26-7-10-5-17-15(24)19-14(10)23;1-9-15-7-10(13(19)16-9)8-20-11(17)5-6-12(18)21-14(2,3)4;1-8(2)20-12(17)5-4-11(16)19-7-10-6-14-9(3)15-13(10)18;1-3-18-10(15)4-5-11(16)19-7-9-6-13-8(2)14-12(9)17;1-7-12-5-8(11(16)13-7)6-18-10(15)4-3-9(14)17-2;1-6-11-4-7(10(16)12-6)5-17-9(15)3-2-8(13)14/h2-5,16H,1,6-7H2,(H,18,22)(H2,17,19,23,24);5-7,15H,1,8H2,2-4H3,(H,16,19);4-6,8,14H,3,7H2,1-2H3,(H,15,18);4-6,13H,2-3,7H2,1H3,(H,14,17);3-5,12H,1,6H2,2H3,(H,13,16);2-4,11H,1,5H2,(H,12,16)(H,13,14)/b3-2+;6-5+;2*5-4+;4-3+;3-2+. The Morgan fingerprint density at radius 2 is 0.603 bits per heavy atom. The van der Waals surface area contributed by atoms with Gasteiger partial charge in [0.25, 0.3) is 41.0 Å². The average molecular weight is 1690 g/mol. The molecule has 0 atom stereocenters. The SMILES string of the molecule is C=C1NC=C(COC(=O)/C=C/C(=O)O)C(=O)N1.C=C1NC=C(COC(=O)/C=C/C(=O)OC(C)(C)C)C(=O)N1.C=C1NC=C(COC(=O)/C=C/C(=O)OC(C)C)C(=O)N1.C=C1NC=C(COC(=O)/C=C/C(=O)OC)C(=O)N1.C=C1NC=C(COC(=O)/C=C/C(=O)OCC)C(=O)N1.C=C1NC=C(COC(=O)/C=C/C(=O)OCc2c[nH]c(=O)[nH]c2=O)C(=O)N1. The van der Waals surface area contributed by atoms with E-state index in [2.05, 4.69) is 122 Å². The molecule has 6 amide bonds. The van der Waals surface area contributed by atoms with Gasteiger partial charge in [-0.25, -0.2) is 62.3 Å². The first-order valence-electron chi connectivity index (χ1n) is 34.2. The van der Waals surface area contributed by atoms with Crippen molar-refractivity contribution in [1.29, 1.82) is 0 Å². The zero-order valence-electron chi connectivity index (χ0n) is 65.5. The number of H-pyrrole nitrogens is 2. The van der Waals surface area contributed by atoms with Gasteiger partial charge < -0.3 is 126 Å². The minimum atomic E-state index is -1.26. The summed E-state index contributed by atoms with van der Waals surface area (Å²) in [6.07, 6.45) is 19.7. The first-order chi connectivity index (χ1) is 56.9. The molecule has 0 fully saturated rings. The highest BCUT2D eigenvalue weighted by atomic mass is 16.6. The van der Waals surface area contributed by atoms with Crippen molar-refractivity contribution in [2.45, 2.75) is 59.9 Å². The second kappa shape index (κ2) is 52.6. The fourth-order valence-corrected chi connectivity index (χ4v) is 7.21. The van der Waals surface area contributed by atoms with Crippen molar-refractivity contribution in [2.24, 2.45) is 0 Å². The zero-order valence-corrected chi connectivity index (χ0v) is 65.5. The van der Waals surface area contributed by atoms with Crippen molar-refractivity contribution in [3.63, 3.8) is 0 Å². The topological polar surface area (TPSA) is 639 Å². The summed E-state index contributed by atoms with van der Waals surface area (Å²) in [7, 11) is 1.19. The van der Waals surface area contributed by atoms with E-state index < -0.39 is 131 Å². The van der Waals surface area contributed by atoms with E-state index in [1.165, 1.54) is 44.3 Å². The number of hydrogen-bond acceptors (Lipinski definition) is 37. The third-order valence-electron chi connectivity index (χ3n) is 12.7. The number of aliphatic carboxylic acids is 1. The molecule has 121 heavy (non-hydrogen) atoms. The first kappa shape index (κ1) is 100. The molecular weight excluding hydrogens is 1610 g/mol. The molecule has 15 N–H and O–H groups in total. The summed E-state index contributed by atoms with van der Waals surface area (Å²) in [5.74, 6) is -9.91. The van der Waals surface area contributed by atoms with Crippen LogP contribution in [0.2, 0.25) is 0 Å². The van der Waals surface area contributed by atoms with E-state index in [9.17, 15) is 95.9 Å². The van der Waals surface area contributed by atoms with E-state index in [0.29, 0.717) is 41.0 Å².